The van der Waals surface area contributed by atoms with Crippen LogP contribution in [0.25, 0.3) is 0 Å². The molecule has 0 spiro atoms. The largest absolute Gasteiger partial charge is 0.395 e. The number of nitrogens with two attached hydrogens (primary N) is 1. The standard InChI is InChI=1S/C12H17FN2O3S/c1-2-5-15(6-7-16)19(17,18)12-8-10(9-14)3-4-11(12)13/h2-4,8,16H,1,5-7,9,14H2. The molecule has 106 valence electrons. The molecule has 0 aliphatic rings. The van der Waals surface area contributed by atoms with Crippen molar-refractivity contribution in [1.29, 1.82) is 0 Å². The fraction of sp³-hybridized carbons (Fsp3) is 0.333. The van der Waals surface area contributed by atoms with Crippen LogP contribution < -0.4 is 5.73 Å². The first-order valence-electron chi connectivity index (χ1n) is 5.67. The van der Waals surface area contributed by atoms with Gasteiger partial charge in [0.05, 0.1) is 6.61 Å². The van der Waals surface area contributed by atoms with Crippen LogP contribution in [0.15, 0.2) is 35.7 Å². The van der Waals surface area contributed by atoms with E-state index in [1.165, 1.54) is 18.2 Å². The number of hydrogen-bond donors (Lipinski definition) is 2. The van der Waals surface area contributed by atoms with Crippen molar-refractivity contribution in [1.82, 2.24) is 4.31 Å². The second kappa shape index (κ2) is 6.76. The number of halogens is 1. The third-order valence-corrected chi connectivity index (χ3v) is 4.41. The lowest BCUT2D eigenvalue weighted by Crippen LogP contribution is -2.34. The van der Waals surface area contributed by atoms with E-state index < -0.39 is 20.7 Å². The molecule has 0 amide bonds. The smallest absolute Gasteiger partial charge is 0.246 e. The van der Waals surface area contributed by atoms with Crippen LogP contribution in [-0.2, 0) is 16.6 Å². The zero-order chi connectivity index (χ0) is 14.5. The summed E-state index contributed by atoms with van der Waals surface area (Å²) in [7, 11) is -4.02. The Kier molecular flexibility index (Phi) is 5.61. The number of nitrogens with zero attached hydrogens (tertiary/aromatic N) is 1. The zero-order valence-electron chi connectivity index (χ0n) is 10.4. The van der Waals surface area contributed by atoms with Crippen LogP contribution in [0.2, 0.25) is 0 Å². The van der Waals surface area contributed by atoms with Crippen LogP contribution in [0.1, 0.15) is 5.56 Å². The summed E-state index contributed by atoms with van der Waals surface area (Å²) in [5.74, 6) is -0.843. The average molecular weight is 288 g/mol. The van der Waals surface area contributed by atoms with Gasteiger partial charge in [0.1, 0.15) is 10.7 Å². The van der Waals surface area contributed by atoms with E-state index in [9.17, 15) is 12.8 Å². The molecule has 0 aliphatic heterocycles. The minimum absolute atomic E-state index is 0.00478. The SMILES string of the molecule is C=CCN(CCO)S(=O)(=O)c1cc(CN)ccc1F. The minimum Gasteiger partial charge on any atom is -0.395 e. The molecule has 0 fully saturated rings. The van der Waals surface area contributed by atoms with E-state index in [1.807, 2.05) is 0 Å². The molecule has 3 N–H and O–H groups in total. The minimum atomic E-state index is -4.02. The number of hydrogen-bond acceptors (Lipinski definition) is 4. The van der Waals surface area contributed by atoms with Gasteiger partial charge in [-0.2, -0.15) is 4.31 Å². The van der Waals surface area contributed by atoms with Crippen LogP contribution in [0, 0.1) is 5.82 Å². The zero-order valence-corrected chi connectivity index (χ0v) is 11.2. The molecule has 19 heavy (non-hydrogen) atoms. The van der Waals surface area contributed by atoms with Crippen molar-refractivity contribution in [2.45, 2.75) is 11.4 Å². The first kappa shape index (κ1) is 15.8. The molecule has 0 heterocycles. The molecule has 1 aromatic carbocycles. The number of rotatable bonds is 7. The highest BCUT2D eigenvalue weighted by Crippen LogP contribution is 2.20. The summed E-state index contributed by atoms with van der Waals surface area (Å²) < 4.78 is 39.2. The first-order chi connectivity index (χ1) is 8.97. The molecular formula is C12H17FN2O3S. The van der Waals surface area contributed by atoms with E-state index in [4.69, 9.17) is 10.8 Å². The fourth-order valence-electron chi connectivity index (χ4n) is 1.58. The van der Waals surface area contributed by atoms with Gasteiger partial charge >= 0.3 is 0 Å². The maximum atomic E-state index is 13.7. The lowest BCUT2D eigenvalue weighted by Gasteiger charge is -2.20. The van der Waals surface area contributed by atoms with Gasteiger partial charge in [-0.25, -0.2) is 12.8 Å². The predicted octanol–water partition coefficient (Wildman–Crippen LogP) is 0.453. The summed E-state index contributed by atoms with van der Waals surface area (Å²) in [4.78, 5) is -0.439. The molecular weight excluding hydrogens is 271 g/mol. The fourth-order valence-corrected chi connectivity index (χ4v) is 3.09. The normalized spacial score (nSPS) is 11.8. The molecule has 0 saturated carbocycles. The Bertz CT molecular complexity index is 546. The molecule has 7 heteroatoms. The van der Waals surface area contributed by atoms with Crippen molar-refractivity contribution >= 4 is 10.0 Å². The summed E-state index contributed by atoms with van der Waals surface area (Å²) >= 11 is 0. The second-order valence-corrected chi connectivity index (χ2v) is 5.75. The molecule has 0 aromatic heterocycles. The molecule has 1 rings (SSSR count). The lowest BCUT2D eigenvalue weighted by atomic mass is 10.2. The van der Waals surface area contributed by atoms with Gasteiger partial charge in [-0.15, -0.1) is 6.58 Å². The van der Waals surface area contributed by atoms with Gasteiger partial charge in [0, 0.05) is 19.6 Å². The lowest BCUT2D eigenvalue weighted by molar-refractivity contribution is 0.260. The highest BCUT2D eigenvalue weighted by atomic mass is 32.2. The van der Waals surface area contributed by atoms with E-state index in [-0.39, 0.29) is 26.2 Å². The number of benzene rings is 1. The van der Waals surface area contributed by atoms with Gasteiger partial charge in [0.2, 0.25) is 10.0 Å². The third-order valence-electron chi connectivity index (χ3n) is 2.53. The van der Waals surface area contributed by atoms with Crippen LogP contribution >= 0.6 is 0 Å². The maximum absolute atomic E-state index is 13.7. The van der Waals surface area contributed by atoms with E-state index in [0.29, 0.717) is 5.56 Å². The number of aliphatic hydroxyl groups excluding tert-OH is 1. The van der Waals surface area contributed by atoms with Crippen molar-refractivity contribution < 1.29 is 17.9 Å². The second-order valence-electron chi connectivity index (χ2n) is 3.84. The van der Waals surface area contributed by atoms with Gasteiger partial charge in [-0.1, -0.05) is 12.1 Å². The van der Waals surface area contributed by atoms with Gasteiger partial charge in [-0.05, 0) is 17.7 Å². The molecule has 0 radical (unpaired) electrons. The highest BCUT2D eigenvalue weighted by Gasteiger charge is 2.26. The Morgan fingerprint density at radius 1 is 1.47 bits per heavy atom. The van der Waals surface area contributed by atoms with Crippen molar-refractivity contribution in [3.63, 3.8) is 0 Å². The molecule has 0 aliphatic carbocycles. The Labute approximate surface area is 112 Å². The van der Waals surface area contributed by atoms with Crippen molar-refractivity contribution in [2.24, 2.45) is 5.73 Å². The van der Waals surface area contributed by atoms with Gasteiger partial charge in [0.15, 0.2) is 0 Å². The van der Waals surface area contributed by atoms with E-state index >= 15 is 0 Å². The number of aliphatic hydroxyl groups is 1. The van der Waals surface area contributed by atoms with Crippen LogP contribution in [0.4, 0.5) is 4.39 Å². The van der Waals surface area contributed by atoms with Gasteiger partial charge < -0.3 is 10.8 Å². The van der Waals surface area contributed by atoms with Crippen LogP contribution in [-0.4, -0.2) is 37.5 Å². The topological polar surface area (TPSA) is 83.6 Å². The van der Waals surface area contributed by atoms with E-state index in [0.717, 1.165) is 10.4 Å². The molecule has 0 atom stereocenters. The monoisotopic (exact) mass is 288 g/mol. The summed E-state index contributed by atoms with van der Waals surface area (Å²) in [5, 5.41) is 8.89. The Hall–Kier alpha value is -1.28. The predicted molar refractivity (Wildman–Crippen MR) is 70.3 cm³/mol. The summed E-state index contributed by atoms with van der Waals surface area (Å²) in [6.45, 7) is 3.07. The van der Waals surface area contributed by atoms with E-state index in [1.54, 1.807) is 0 Å². The van der Waals surface area contributed by atoms with Crippen molar-refractivity contribution in [2.75, 3.05) is 19.7 Å². The van der Waals surface area contributed by atoms with Gasteiger partial charge in [0.25, 0.3) is 0 Å². The maximum Gasteiger partial charge on any atom is 0.246 e. The molecule has 1 aromatic rings. The molecule has 0 bridgehead atoms. The van der Waals surface area contributed by atoms with Crippen molar-refractivity contribution in [3.05, 3.63) is 42.2 Å². The Morgan fingerprint density at radius 2 is 2.16 bits per heavy atom. The van der Waals surface area contributed by atoms with Crippen molar-refractivity contribution in [3.8, 4) is 0 Å². The third kappa shape index (κ3) is 3.60. The Morgan fingerprint density at radius 3 is 2.68 bits per heavy atom. The number of sulfonamides is 1. The molecule has 5 nitrogen and oxygen atoms in total. The summed E-state index contributed by atoms with van der Waals surface area (Å²) in [6.07, 6.45) is 1.37. The quantitative estimate of drug-likeness (QED) is 0.714. The average Bonchev–Trinajstić information content (AvgIpc) is 2.39. The van der Waals surface area contributed by atoms with Crippen LogP contribution in [0.3, 0.4) is 0 Å². The van der Waals surface area contributed by atoms with Crippen LogP contribution in [0.5, 0.6) is 0 Å². The van der Waals surface area contributed by atoms with E-state index in [2.05, 4.69) is 6.58 Å². The highest BCUT2D eigenvalue weighted by molar-refractivity contribution is 7.89. The summed E-state index contributed by atoms with van der Waals surface area (Å²) in [5.41, 5.74) is 5.93. The first-order valence-corrected chi connectivity index (χ1v) is 7.11. The Balaban J connectivity index is 3.27. The molecule has 0 unspecified atom stereocenters. The van der Waals surface area contributed by atoms with Gasteiger partial charge in [-0.3, -0.25) is 0 Å². The molecule has 0 saturated heterocycles. The summed E-state index contributed by atoms with van der Waals surface area (Å²) in [6, 6.07) is 3.70.